The normalized spacial score (nSPS) is 23.6. The van der Waals surface area contributed by atoms with Gasteiger partial charge in [0, 0.05) is 27.9 Å². The molecule has 2 saturated heterocycles. The van der Waals surface area contributed by atoms with Crippen LogP contribution in [-0.4, -0.2) is 87.0 Å². The minimum atomic E-state index is -0.983. The highest BCUT2D eigenvalue weighted by molar-refractivity contribution is 8.06. The molecule has 0 aromatic carbocycles. The zero-order valence-electron chi connectivity index (χ0n) is 20.8. The van der Waals surface area contributed by atoms with Crippen LogP contribution in [0.1, 0.15) is 32.9 Å². The molecule has 38 heavy (non-hydrogen) atoms. The number of ether oxygens (including phenoxy) is 3. The number of esters is 2. The van der Waals surface area contributed by atoms with Crippen molar-refractivity contribution in [1.29, 1.82) is 0 Å². The van der Waals surface area contributed by atoms with Crippen molar-refractivity contribution in [2.45, 2.75) is 43.9 Å². The predicted molar refractivity (Wildman–Crippen MR) is 140 cm³/mol. The SMILES string of the molecule is CC(C)(C)C(=O)OCOC(=O)C1=C(SC2CCOC2)CS[C@H]2C(NC(=O)/C(=N\O)c3csc(N)n3)C(=O)N12. The molecule has 0 spiro atoms. The Labute approximate surface area is 230 Å². The Bertz CT molecular complexity index is 1190. The van der Waals surface area contributed by atoms with E-state index in [4.69, 9.17) is 19.9 Å². The number of rotatable bonds is 8. The molecule has 4 rings (SSSR count). The third-order valence-electron chi connectivity index (χ3n) is 5.68. The van der Waals surface area contributed by atoms with Gasteiger partial charge in [0.05, 0.1) is 12.0 Å². The molecule has 1 aromatic heterocycles. The first-order valence-corrected chi connectivity index (χ1v) is 14.3. The Morgan fingerprint density at radius 1 is 1.37 bits per heavy atom. The van der Waals surface area contributed by atoms with Crippen LogP contribution < -0.4 is 11.1 Å². The number of nitrogens with zero attached hydrogens (tertiary/aromatic N) is 3. The van der Waals surface area contributed by atoms with Gasteiger partial charge in [-0.2, -0.15) is 0 Å². The van der Waals surface area contributed by atoms with Gasteiger partial charge in [0.25, 0.3) is 11.8 Å². The Balaban J connectivity index is 1.49. The number of hydrogen-bond acceptors (Lipinski definition) is 14. The number of carbonyl (C=O) groups is 4. The van der Waals surface area contributed by atoms with Gasteiger partial charge in [-0.1, -0.05) is 5.16 Å². The Kier molecular flexibility index (Phi) is 8.54. The number of thiazole rings is 1. The molecular formula is C22H27N5O8S3. The zero-order chi connectivity index (χ0) is 27.6. The lowest BCUT2D eigenvalue weighted by Gasteiger charge is -2.49. The highest BCUT2D eigenvalue weighted by atomic mass is 32.2. The molecule has 3 atom stereocenters. The van der Waals surface area contributed by atoms with Crippen molar-refractivity contribution < 1.29 is 38.6 Å². The van der Waals surface area contributed by atoms with E-state index in [1.54, 1.807) is 20.8 Å². The fraction of sp³-hybridized carbons (Fsp3) is 0.545. The van der Waals surface area contributed by atoms with Gasteiger partial charge >= 0.3 is 11.9 Å². The minimum absolute atomic E-state index is 0.0521. The fourth-order valence-corrected chi connectivity index (χ4v) is 7.01. The molecule has 2 fully saturated rings. The van der Waals surface area contributed by atoms with Crippen molar-refractivity contribution in [3.63, 3.8) is 0 Å². The lowest BCUT2D eigenvalue weighted by Crippen LogP contribution is -2.71. The molecule has 2 amide bonds. The molecule has 1 aromatic rings. The van der Waals surface area contributed by atoms with Gasteiger partial charge in [-0.3, -0.25) is 19.3 Å². The van der Waals surface area contributed by atoms with Crippen LogP contribution in [0.25, 0.3) is 0 Å². The maximum atomic E-state index is 13.2. The van der Waals surface area contributed by atoms with Crippen LogP contribution in [-0.2, 0) is 33.4 Å². The van der Waals surface area contributed by atoms with Crippen LogP contribution in [0.2, 0.25) is 0 Å². The summed E-state index contributed by atoms with van der Waals surface area (Å²) in [5, 5.41) is 16.1. The van der Waals surface area contributed by atoms with Crippen molar-refractivity contribution >= 4 is 69.5 Å². The van der Waals surface area contributed by atoms with Gasteiger partial charge in [-0.05, 0) is 27.2 Å². The molecular weight excluding hydrogens is 558 g/mol. The van der Waals surface area contributed by atoms with Crippen molar-refractivity contribution in [3.8, 4) is 0 Å². The topological polar surface area (TPSA) is 183 Å². The third kappa shape index (κ3) is 5.92. The summed E-state index contributed by atoms with van der Waals surface area (Å²) in [7, 11) is 0. The van der Waals surface area contributed by atoms with E-state index in [-0.39, 0.29) is 21.8 Å². The van der Waals surface area contributed by atoms with E-state index in [1.165, 1.54) is 33.8 Å². The quantitative estimate of drug-likeness (QED) is 0.0989. The smallest absolute Gasteiger partial charge is 0.358 e. The number of nitrogen functional groups attached to an aromatic ring is 1. The summed E-state index contributed by atoms with van der Waals surface area (Å²) in [4.78, 5) is 57.0. The van der Waals surface area contributed by atoms with Gasteiger partial charge < -0.3 is 30.5 Å². The fourth-order valence-electron chi connectivity index (χ4n) is 3.72. The molecule has 2 unspecified atom stereocenters. The molecule has 4 N–H and O–H groups in total. The number of aromatic nitrogens is 1. The molecule has 4 heterocycles. The number of hydrogen-bond donors (Lipinski definition) is 3. The van der Waals surface area contributed by atoms with Gasteiger partial charge in [-0.15, -0.1) is 34.9 Å². The average molecular weight is 586 g/mol. The lowest BCUT2D eigenvalue weighted by molar-refractivity contribution is -0.173. The number of oxime groups is 1. The van der Waals surface area contributed by atoms with Gasteiger partial charge in [0.1, 0.15) is 22.8 Å². The molecule has 206 valence electrons. The minimum Gasteiger partial charge on any atom is -0.427 e. The summed E-state index contributed by atoms with van der Waals surface area (Å²) in [6.45, 7) is 5.54. The number of fused-ring (bicyclic) bond motifs is 1. The molecule has 3 aliphatic heterocycles. The van der Waals surface area contributed by atoms with Crippen LogP contribution in [0.3, 0.4) is 0 Å². The monoisotopic (exact) mass is 585 g/mol. The number of β-lactam (4-membered cyclic amide) rings is 1. The first-order valence-electron chi connectivity index (χ1n) is 11.5. The molecule has 0 bridgehead atoms. The first kappa shape index (κ1) is 28.2. The van der Waals surface area contributed by atoms with Gasteiger partial charge in [0.2, 0.25) is 6.79 Å². The van der Waals surface area contributed by atoms with E-state index in [0.717, 1.165) is 17.8 Å². The van der Waals surface area contributed by atoms with E-state index in [9.17, 15) is 24.4 Å². The highest BCUT2D eigenvalue weighted by Crippen LogP contribution is 2.45. The number of thioether (sulfide) groups is 2. The number of nitrogens with two attached hydrogens (primary N) is 1. The van der Waals surface area contributed by atoms with Crippen LogP contribution in [0.15, 0.2) is 21.1 Å². The van der Waals surface area contributed by atoms with E-state index >= 15 is 0 Å². The summed E-state index contributed by atoms with van der Waals surface area (Å²) < 4.78 is 15.7. The van der Waals surface area contributed by atoms with Crippen molar-refractivity contribution in [2.24, 2.45) is 10.6 Å². The number of nitrogens with one attached hydrogen (secondary N) is 1. The maximum Gasteiger partial charge on any atom is 0.358 e. The summed E-state index contributed by atoms with van der Waals surface area (Å²) in [6.07, 6.45) is 0.796. The summed E-state index contributed by atoms with van der Waals surface area (Å²) >= 11 is 3.88. The number of anilines is 1. The summed E-state index contributed by atoms with van der Waals surface area (Å²) in [5.74, 6) is -2.32. The van der Waals surface area contributed by atoms with E-state index in [2.05, 4.69) is 15.5 Å². The second-order valence-corrected chi connectivity index (χ2v) is 12.9. The number of carbonyl (C=O) groups excluding carboxylic acids is 4. The van der Waals surface area contributed by atoms with E-state index in [0.29, 0.717) is 23.9 Å². The maximum absolute atomic E-state index is 13.2. The number of amides is 2. The van der Waals surface area contributed by atoms with Gasteiger partial charge in [0.15, 0.2) is 10.8 Å². The molecule has 0 radical (unpaired) electrons. The standard InChI is InChI=1S/C22H27N5O8S3/c1-22(2,3)20(31)35-9-34-19(30)15-12(38-10-4-5-33-6-10)8-36-18-14(17(29)27(15)18)25-16(28)13(26-32)11-7-37-21(23)24-11/h7,10,14,18,32H,4-6,8-9H2,1-3H3,(H2,23,24)(H,25,28)/b26-13-/t10?,14?,18-/m0/s1. The second-order valence-electron chi connectivity index (χ2n) is 9.49. The molecule has 3 aliphatic rings. The van der Waals surface area contributed by atoms with Crippen LogP contribution >= 0.6 is 34.9 Å². The third-order valence-corrected chi connectivity index (χ3v) is 9.15. The Hall–Kier alpha value is -2.82. The average Bonchev–Trinajstić information content (AvgIpc) is 3.53. The zero-order valence-corrected chi connectivity index (χ0v) is 23.2. The molecule has 16 heteroatoms. The predicted octanol–water partition coefficient (Wildman–Crippen LogP) is 1.13. The molecule has 0 saturated carbocycles. The van der Waals surface area contributed by atoms with Crippen LogP contribution in [0.5, 0.6) is 0 Å². The Morgan fingerprint density at radius 2 is 2.13 bits per heavy atom. The van der Waals surface area contributed by atoms with Crippen molar-refractivity contribution in [3.05, 3.63) is 21.7 Å². The molecule has 13 nitrogen and oxygen atoms in total. The second kappa shape index (κ2) is 11.5. The van der Waals surface area contributed by atoms with E-state index in [1.807, 2.05) is 0 Å². The highest BCUT2D eigenvalue weighted by Gasteiger charge is 2.55. The van der Waals surface area contributed by atoms with Crippen LogP contribution in [0.4, 0.5) is 5.13 Å². The van der Waals surface area contributed by atoms with E-state index < -0.39 is 53.1 Å². The summed E-state index contributed by atoms with van der Waals surface area (Å²) in [5.41, 5.74) is 4.55. The van der Waals surface area contributed by atoms with Crippen LogP contribution in [0, 0.1) is 5.41 Å². The van der Waals surface area contributed by atoms with Crippen molar-refractivity contribution in [2.75, 3.05) is 31.5 Å². The van der Waals surface area contributed by atoms with Crippen molar-refractivity contribution in [1.82, 2.24) is 15.2 Å². The Morgan fingerprint density at radius 3 is 2.74 bits per heavy atom. The first-order chi connectivity index (χ1) is 18.0. The molecule has 0 aliphatic carbocycles. The largest absolute Gasteiger partial charge is 0.427 e. The lowest BCUT2D eigenvalue weighted by atomic mass is 9.98. The summed E-state index contributed by atoms with van der Waals surface area (Å²) in [6, 6.07) is -0.983. The van der Waals surface area contributed by atoms with Gasteiger partial charge in [-0.25, -0.2) is 9.78 Å².